The van der Waals surface area contributed by atoms with Crippen LogP contribution in [0.15, 0.2) is 12.1 Å². The number of rotatable bonds is 5. The van der Waals surface area contributed by atoms with Crippen LogP contribution in [0.25, 0.3) is 0 Å². The summed E-state index contributed by atoms with van der Waals surface area (Å²) >= 11 is 6.13. The van der Waals surface area contributed by atoms with Crippen LogP contribution in [0.4, 0.5) is 0 Å². The van der Waals surface area contributed by atoms with E-state index in [0.29, 0.717) is 37.2 Å². The number of amides is 1. The summed E-state index contributed by atoms with van der Waals surface area (Å²) in [6.45, 7) is 3.00. The molecule has 0 radical (unpaired) electrons. The van der Waals surface area contributed by atoms with Crippen LogP contribution in [0.3, 0.4) is 0 Å². The fraction of sp³-hybridized carbons (Fsp3) is 0.579. The molecular weight excluding hydrogens is 358 g/mol. The highest BCUT2D eigenvalue weighted by molar-refractivity contribution is 6.32. The van der Waals surface area contributed by atoms with E-state index in [1.165, 1.54) is 31.4 Å². The van der Waals surface area contributed by atoms with Gasteiger partial charge in [0, 0.05) is 6.54 Å². The van der Waals surface area contributed by atoms with Crippen molar-refractivity contribution in [2.75, 3.05) is 19.8 Å². The lowest BCUT2D eigenvalue weighted by molar-refractivity contribution is -0.129. The number of nitrogens with one attached hydrogen (secondary N) is 1. The second-order valence-electron chi connectivity index (χ2n) is 6.78. The maximum atomic E-state index is 12.3. The predicted octanol–water partition coefficient (Wildman–Crippen LogP) is 3.35. The molecule has 1 aromatic rings. The lowest BCUT2D eigenvalue weighted by Gasteiger charge is -2.23. The first-order chi connectivity index (χ1) is 12.5. The van der Waals surface area contributed by atoms with Crippen molar-refractivity contribution < 1.29 is 23.8 Å². The van der Waals surface area contributed by atoms with Crippen molar-refractivity contribution in [1.29, 1.82) is 0 Å². The zero-order valence-corrected chi connectivity index (χ0v) is 15.6. The second-order valence-corrected chi connectivity index (χ2v) is 7.19. The van der Waals surface area contributed by atoms with E-state index in [2.05, 4.69) is 5.32 Å². The van der Waals surface area contributed by atoms with Gasteiger partial charge in [-0.05, 0) is 37.8 Å². The monoisotopic (exact) mass is 381 g/mol. The summed E-state index contributed by atoms with van der Waals surface area (Å²) in [6.07, 6.45) is 5.12. The fourth-order valence-electron chi connectivity index (χ4n) is 3.29. The van der Waals surface area contributed by atoms with Crippen molar-refractivity contribution in [2.24, 2.45) is 5.92 Å². The van der Waals surface area contributed by atoms with Gasteiger partial charge in [0.1, 0.15) is 13.2 Å². The average Bonchev–Trinajstić information content (AvgIpc) is 2.66. The SMILES string of the molecule is C[C@H](OC(=O)c1cc(Cl)c2c(c1)OCCO2)C(=O)NCC1CCCCC1. The Kier molecular flexibility index (Phi) is 6.25. The van der Waals surface area contributed by atoms with Gasteiger partial charge in [-0.25, -0.2) is 4.79 Å². The number of halogens is 1. The van der Waals surface area contributed by atoms with Crippen molar-refractivity contribution in [1.82, 2.24) is 5.32 Å². The van der Waals surface area contributed by atoms with Gasteiger partial charge in [-0.2, -0.15) is 0 Å². The van der Waals surface area contributed by atoms with Gasteiger partial charge in [0.05, 0.1) is 10.6 Å². The van der Waals surface area contributed by atoms with Crippen molar-refractivity contribution in [3.8, 4) is 11.5 Å². The molecule has 0 unspecified atom stereocenters. The molecule has 2 aliphatic rings. The van der Waals surface area contributed by atoms with Gasteiger partial charge in [-0.1, -0.05) is 30.9 Å². The second kappa shape index (κ2) is 8.62. The highest BCUT2D eigenvalue weighted by Gasteiger charge is 2.24. The Morgan fingerprint density at radius 1 is 1.23 bits per heavy atom. The summed E-state index contributed by atoms with van der Waals surface area (Å²) in [5, 5.41) is 3.16. The molecule has 3 rings (SSSR count). The zero-order chi connectivity index (χ0) is 18.5. The normalized spacial score (nSPS) is 18.1. The molecule has 0 saturated heterocycles. The smallest absolute Gasteiger partial charge is 0.339 e. The van der Waals surface area contributed by atoms with Crippen LogP contribution in [-0.4, -0.2) is 37.7 Å². The number of esters is 1. The van der Waals surface area contributed by atoms with Gasteiger partial charge in [-0.3, -0.25) is 4.79 Å². The van der Waals surface area contributed by atoms with E-state index in [1.54, 1.807) is 6.92 Å². The van der Waals surface area contributed by atoms with E-state index in [-0.39, 0.29) is 16.5 Å². The van der Waals surface area contributed by atoms with Crippen LogP contribution in [-0.2, 0) is 9.53 Å². The van der Waals surface area contributed by atoms with Crippen LogP contribution in [0.5, 0.6) is 11.5 Å². The number of fused-ring (bicyclic) bond motifs is 1. The molecule has 1 heterocycles. The first-order valence-electron chi connectivity index (χ1n) is 9.12. The molecule has 0 bridgehead atoms. The van der Waals surface area contributed by atoms with Gasteiger partial charge >= 0.3 is 5.97 Å². The third kappa shape index (κ3) is 4.61. The highest BCUT2D eigenvalue weighted by atomic mass is 35.5. The number of hydrogen-bond donors (Lipinski definition) is 1. The summed E-state index contributed by atoms with van der Waals surface area (Å²) in [5.74, 6) is 0.446. The molecule has 142 valence electrons. The van der Waals surface area contributed by atoms with Crippen molar-refractivity contribution in [3.63, 3.8) is 0 Å². The molecule has 6 nitrogen and oxygen atoms in total. The van der Waals surface area contributed by atoms with Crippen LogP contribution < -0.4 is 14.8 Å². The van der Waals surface area contributed by atoms with E-state index in [0.717, 1.165) is 12.8 Å². The third-order valence-corrected chi connectivity index (χ3v) is 5.06. The van der Waals surface area contributed by atoms with Gasteiger partial charge in [-0.15, -0.1) is 0 Å². The number of hydrogen-bond acceptors (Lipinski definition) is 5. The highest BCUT2D eigenvalue weighted by Crippen LogP contribution is 2.38. The van der Waals surface area contributed by atoms with Crippen molar-refractivity contribution in [3.05, 3.63) is 22.7 Å². The minimum Gasteiger partial charge on any atom is -0.486 e. The van der Waals surface area contributed by atoms with Gasteiger partial charge < -0.3 is 19.5 Å². The number of carbonyl (C=O) groups is 2. The molecule has 0 spiro atoms. The van der Waals surface area contributed by atoms with Crippen LogP contribution in [0.2, 0.25) is 5.02 Å². The average molecular weight is 382 g/mol. The first kappa shape index (κ1) is 18.8. The summed E-state index contributed by atoms with van der Waals surface area (Å²) in [5.41, 5.74) is 0.228. The standard InChI is InChI=1S/C19H24ClNO5/c1-12(18(22)21-11-13-5-3-2-4-6-13)26-19(23)14-9-15(20)17-16(10-14)24-7-8-25-17/h9-10,12-13H,2-8,11H2,1H3,(H,21,22)/t12-/m0/s1. The fourth-order valence-corrected chi connectivity index (χ4v) is 3.56. The summed E-state index contributed by atoms with van der Waals surface area (Å²) in [4.78, 5) is 24.5. The number of ether oxygens (including phenoxy) is 3. The first-order valence-corrected chi connectivity index (χ1v) is 9.50. The van der Waals surface area contributed by atoms with Crippen molar-refractivity contribution in [2.45, 2.75) is 45.1 Å². The lowest BCUT2D eigenvalue weighted by atomic mass is 9.89. The Hall–Kier alpha value is -1.95. The Morgan fingerprint density at radius 2 is 1.96 bits per heavy atom. The summed E-state index contributed by atoms with van der Waals surface area (Å²) in [6, 6.07) is 2.99. The molecule has 1 aliphatic carbocycles. The van der Waals surface area contributed by atoms with Crippen molar-refractivity contribution >= 4 is 23.5 Å². The van der Waals surface area contributed by atoms with Gasteiger partial charge in [0.15, 0.2) is 17.6 Å². The number of benzene rings is 1. The summed E-state index contributed by atoms with van der Waals surface area (Å²) in [7, 11) is 0. The molecule has 1 amide bonds. The van der Waals surface area contributed by atoms with Crippen LogP contribution >= 0.6 is 11.6 Å². The van der Waals surface area contributed by atoms with Gasteiger partial charge in [0.25, 0.3) is 5.91 Å². The van der Waals surface area contributed by atoms with E-state index < -0.39 is 12.1 Å². The molecule has 7 heteroatoms. The summed E-state index contributed by atoms with van der Waals surface area (Å²) < 4.78 is 16.2. The Morgan fingerprint density at radius 3 is 2.73 bits per heavy atom. The minimum absolute atomic E-state index is 0.228. The van der Waals surface area contributed by atoms with E-state index in [1.807, 2.05) is 0 Å². The zero-order valence-electron chi connectivity index (χ0n) is 14.9. The molecular formula is C19H24ClNO5. The van der Waals surface area contributed by atoms with Crippen LogP contribution in [0.1, 0.15) is 49.4 Å². The maximum absolute atomic E-state index is 12.3. The Bertz CT molecular complexity index is 672. The van der Waals surface area contributed by atoms with E-state index in [9.17, 15) is 9.59 Å². The minimum atomic E-state index is -0.877. The lowest BCUT2D eigenvalue weighted by Crippen LogP contribution is -2.38. The van der Waals surface area contributed by atoms with Gasteiger partial charge in [0.2, 0.25) is 0 Å². The number of carbonyl (C=O) groups excluding carboxylic acids is 2. The molecule has 1 saturated carbocycles. The molecule has 1 aromatic carbocycles. The van der Waals surface area contributed by atoms with E-state index >= 15 is 0 Å². The Balaban J connectivity index is 1.55. The maximum Gasteiger partial charge on any atom is 0.339 e. The molecule has 1 aliphatic heterocycles. The largest absolute Gasteiger partial charge is 0.486 e. The predicted molar refractivity (Wildman–Crippen MR) is 96.9 cm³/mol. The van der Waals surface area contributed by atoms with Crippen LogP contribution in [0, 0.1) is 5.92 Å². The third-order valence-electron chi connectivity index (χ3n) is 4.78. The molecule has 1 fully saturated rings. The van der Waals surface area contributed by atoms with E-state index in [4.69, 9.17) is 25.8 Å². The topological polar surface area (TPSA) is 73.9 Å². The molecule has 26 heavy (non-hydrogen) atoms. The quantitative estimate of drug-likeness (QED) is 0.792. The molecule has 1 N–H and O–H groups in total. The molecule has 1 atom stereocenters. The Labute approximate surface area is 158 Å². The molecule has 0 aromatic heterocycles.